The van der Waals surface area contributed by atoms with Gasteiger partial charge in [-0.3, -0.25) is 0 Å². The van der Waals surface area contributed by atoms with Crippen molar-refractivity contribution >= 4 is 17.7 Å². The number of H-pyrrole nitrogens is 1. The molecule has 1 aromatic heterocycles. The summed E-state index contributed by atoms with van der Waals surface area (Å²) in [6, 6.07) is 13.3. The molecule has 0 saturated carbocycles. The molecule has 0 spiro atoms. The molecule has 0 aliphatic carbocycles. The number of amides is 2. The Morgan fingerprint density at radius 2 is 1.71 bits per heavy atom. The molecule has 7 nitrogen and oxygen atoms in total. The highest BCUT2D eigenvalue weighted by Crippen LogP contribution is 2.23. The van der Waals surface area contributed by atoms with E-state index in [0.717, 1.165) is 45.1 Å². The fraction of sp³-hybridized carbons (Fsp3) is 0.333. The van der Waals surface area contributed by atoms with Crippen LogP contribution in [-0.2, 0) is 17.8 Å². The Morgan fingerprint density at radius 1 is 1.00 bits per heavy atom. The molecular weight excluding hydrogens is 430 g/mol. The molecule has 34 heavy (non-hydrogen) atoms. The highest BCUT2D eigenvalue weighted by molar-refractivity contribution is 5.93. The lowest BCUT2D eigenvalue weighted by Gasteiger charge is -2.24. The van der Waals surface area contributed by atoms with Crippen LogP contribution in [0.2, 0.25) is 0 Å². The van der Waals surface area contributed by atoms with Crippen LogP contribution in [0.1, 0.15) is 50.9 Å². The van der Waals surface area contributed by atoms with Gasteiger partial charge in [0.05, 0.1) is 25.8 Å². The molecule has 0 radical (unpaired) electrons. The van der Waals surface area contributed by atoms with E-state index in [9.17, 15) is 9.59 Å². The average molecular weight is 464 g/mol. The summed E-state index contributed by atoms with van der Waals surface area (Å²) in [5.74, 6) is 0.395. The lowest BCUT2D eigenvalue weighted by atomic mass is 10.1. The van der Waals surface area contributed by atoms with Gasteiger partial charge in [-0.15, -0.1) is 0 Å². The largest absolute Gasteiger partial charge is 0.497 e. The lowest BCUT2D eigenvalue weighted by Crippen LogP contribution is -2.34. The van der Waals surface area contributed by atoms with Crippen molar-refractivity contribution in [3.8, 4) is 5.75 Å². The highest BCUT2D eigenvalue weighted by Gasteiger charge is 2.23. The van der Waals surface area contributed by atoms with Crippen molar-refractivity contribution in [2.45, 2.75) is 47.7 Å². The topological polar surface area (TPSA) is 83.7 Å². The van der Waals surface area contributed by atoms with Crippen molar-refractivity contribution in [3.05, 3.63) is 81.7 Å². The monoisotopic (exact) mass is 463 g/mol. The molecule has 3 aromatic rings. The van der Waals surface area contributed by atoms with Crippen LogP contribution in [0.5, 0.6) is 5.75 Å². The number of methoxy groups -OCH3 is 1. The molecule has 7 heteroatoms. The van der Waals surface area contributed by atoms with Crippen molar-refractivity contribution in [2.24, 2.45) is 0 Å². The zero-order valence-electron chi connectivity index (χ0n) is 20.7. The standard InChI is InChI=1S/C27H33N3O4/c1-7-34-26(31)25-19(4)24(28-20(25)5)16-30(15-21-9-11-22(33-6)12-10-21)27(32)29-23-13-8-17(2)14-18(23)3/h8-14,28H,7,15-16H2,1-6H3,(H,29,32). The zero-order valence-corrected chi connectivity index (χ0v) is 20.7. The fourth-order valence-corrected chi connectivity index (χ4v) is 3.97. The third-order valence-electron chi connectivity index (χ3n) is 5.81. The average Bonchev–Trinajstić information content (AvgIpc) is 3.08. The molecule has 0 atom stereocenters. The van der Waals surface area contributed by atoms with E-state index >= 15 is 0 Å². The number of carbonyl (C=O) groups excluding carboxylic acids is 2. The maximum atomic E-state index is 13.4. The van der Waals surface area contributed by atoms with E-state index in [-0.39, 0.29) is 12.0 Å². The second-order valence-electron chi connectivity index (χ2n) is 8.40. The Bertz CT molecular complexity index is 1170. The van der Waals surface area contributed by atoms with Crippen LogP contribution in [-0.4, -0.2) is 35.6 Å². The van der Waals surface area contributed by atoms with Crippen molar-refractivity contribution in [1.82, 2.24) is 9.88 Å². The van der Waals surface area contributed by atoms with Crippen LogP contribution in [0.25, 0.3) is 0 Å². The molecule has 0 aliphatic rings. The third kappa shape index (κ3) is 5.78. The minimum Gasteiger partial charge on any atom is -0.497 e. The molecule has 0 bridgehead atoms. The molecule has 3 rings (SSSR count). The van der Waals surface area contributed by atoms with Gasteiger partial charge in [-0.2, -0.15) is 0 Å². The summed E-state index contributed by atoms with van der Waals surface area (Å²) in [4.78, 5) is 30.8. The van der Waals surface area contributed by atoms with Gasteiger partial charge >= 0.3 is 12.0 Å². The van der Waals surface area contributed by atoms with E-state index in [1.165, 1.54) is 0 Å². The summed E-state index contributed by atoms with van der Waals surface area (Å²) in [6.45, 7) is 10.5. The Balaban J connectivity index is 1.90. The van der Waals surface area contributed by atoms with Gasteiger partial charge in [-0.05, 0) is 69.5 Å². The number of esters is 1. The Hall–Kier alpha value is -3.74. The van der Waals surface area contributed by atoms with Gasteiger partial charge in [0, 0.05) is 23.6 Å². The first-order valence-corrected chi connectivity index (χ1v) is 11.3. The Morgan fingerprint density at radius 3 is 2.32 bits per heavy atom. The number of urea groups is 1. The molecule has 2 amide bonds. The smallest absolute Gasteiger partial charge is 0.340 e. The summed E-state index contributed by atoms with van der Waals surface area (Å²) < 4.78 is 10.5. The first-order valence-electron chi connectivity index (χ1n) is 11.3. The summed E-state index contributed by atoms with van der Waals surface area (Å²) in [5.41, 5.74) is 6.69. The predicted molar refractivity (Wildman–Crippen MR) is 133 cm³/mol. The van der Waals surface area contributed by atoms with E-state index in [1.807, 2.05) is 70.2 Å². The van der Waals surface area contributed by atoms with Crippen LogP contribution in [0.3, 0.4) is 0 Å². The van der Waals surface area contributed by atoms with Crippen molar-refractivity contribution < 1.29 is 19.1 Å². The summed E-state index contributed by atoms with van der Waals surface area (Å²) in [5, 5.41) is 3.04. The first-order chi connectivity index (χ1) is 16.2. The van der Waals surface area contributed by atoms with E-state index in [1.54, 1.807) is 18.9 Å². The highest BCUT2D eigenvalue weighted by atomic mass is 16.5. The number of carbonyl (C=O) groups is 2. The van der Waals surface area contributed by atoms with Crippen LogP contribution < -0.4 is 10.1 Å². The fourth-order valence-electron chi connectivity index (χ4n) is 3.97. The minimum atomic E-state index is -0.360. The number of anilines is 1. The van der Waals surface area contributed by atoms with Crippen LogP contribution in [0.15, 0.2) is 42.5 Å². The number of hydrogen-bond donors (Lipinski definition) is 2. The molecule has 0 unspecified atom stereocenters. The van der Waals surface area contributed by atoms with Gasteiger partial charge in [0.1, 0.15) is 5.75 Å². The van der Waals surface area contributed by atoms with E-state index in [2.05, 4.69) is 10.3 Å². The van der Waals surface area contributed by atoms with Crippen LogP contribution in [0.4, 0.5) is 10.5 Å². The second kappa shape index (κ2) is 10.9. The van der Waals surface area contributed by atoms with Gasteiger partial charge in [-0.1, -0.05) is 29.8 Å². The normalized spacial score (nSPS) is 10.6. The van der Waals surface area contributed by atoms with E-state index < -0.39 is 0 Å². The van der Waals surface area contributed by atoms with Gasteiger partial charge < -0.3 is 24.7 Å². The summed E-state index contributed by atoms with van der Waals surface area (Å²) in [7, 11) is 1.62. The number of ether oxygens (including phenoxy) is 2. The van der Waals surface area contributed by atoms with Gasteiger partial charge in [0.2, 0.25) is 0 Å². The van der Waals surface area contributed by atoms with E-state index in [4.69, 9.17) is 9.47 Å². The number of nitrogens with one attached hydrogen (secondary N) is 2. The number of aryl methyl sites for hydroxylation is 3. The maximum absolute atomic E-state index is 13.4. The molecule has 2 N–H and O–H groups in total. The molecule has 0 saturated heterocycles. The summed E-state index contributed by atoms with van der Waals surface area (Å²) >= 11 is 0. The number of rotatable bonds is 8. The lowest BCUT2D eigenvalue weighted by molar-refractivity contribution is 0.0525. The predicted octanol–water partition coefficient (Wildman–Crippen LogP) is 5.67. The van der Waals surface area contributed by atoms with Gasteiger partial charge in [-0.25, -0.2) is 9.59 Å². The number of aromatic nitrogens is 1. The van der Waals surface area contributed by atoms with Gasteiger partial charge in [0.25, 0.3) is 0 Å². The zero-order chi connectivity index (χ0) is 24.8. The number of nitrogens with zero attached hydrogens (tertiary/aromatic N) is 1. The van der Waals surface area contributed by atoms with Crippen molar-refractivity contribution in [2.75, 3.05) is 19.0 Å². The van der Waals surface area contributed by atoms with Crippen LogP contribution in [0, 0.1) is 27.7 Å². The van der Waals surface area contributed by atoms with Gasteiger partial charge in [0.15, 0.2) is 0 Å². The second-order valence-corrected chi connectivity index (χ2v) is 8.40. The number of benzene rings is 2. The maximum Gasteiger partial charge on any atom is 0.340 e. The van der Waals surface area contributed by atoms with E-state index in [0.29, 0.717) is 25.3 Å². The Kier molecular flexibility index (Phi) is 7.99. The molecule has 2 aromatic carbocycles. The number of hydrogen-bond acceptors (Lipinski definition) is 4. The molecule has 0 aliphatic heterocycles. The third-order valence-corrected chi connectivity index (χ3v) is 5.81. The molecule has 1 heterocycles. The first kappa shape index (κ1) is 24.9. The summed E-state index contributed by atoms with van der Waals surface area (Å²) in [6.07, 6.45) is 0. The van der Waals surface area contributed by atoms with Crippen molar-refractivity contribution in [3.63, 3.8) is 0 Å². The SMILES string of the molecule is CCOC(=O)c1c(C)[nH]c(CN(Cc2ccc(OC)cc2)C(=O)Nc2ccc(C)cc2C)c1C. The quantitative estimate of drug-likeness (QED) is 0.422. The molecule has 180 valence electrons. The number of aromatic amines is 1. The van der Waals surface area contributed by atoms with Crippen molar-refractivity contribution in [1.29, 1.82) is 0 Å². The Labute approximate surface area is 201 Å². The molecular formula is C27H33N3O4. The minimum absolute atomic E-state index is 0.230. The molecule has 0 fully saturated rings. The van der Waals surface area contributed by atoms with Crippen LogP contribution >= 0.6 is 0 Å².